The fraction of sp³-hybridized carbons (Fsp3) is 0.444. The Balaban J connectivity index is 1.06. The Hall–Kier alpha value is -3.84. The van der Waals surface area contributed by atoms with Crippen LogP contribution in [0.15, 0.2) is 78.9 Å². The minimum atomic E-state index is -0.387. The molecule has 7 heteroatoms. The van der Waals surface area contributed by atoms with Gasteiger partial charge in [-0.2, -0.15) is 0 Å². The molecule has 3 heterocycles. The van der Waals surface area contributed by atoms with Crippen LogP contribution in [-0.2, 0) is 11.3 Å². The fourth-order valence-corrected chi connectivity index (χ4v) is 6.77. The van der Waals surface area contributed by atoms with E-state index in [1.807, 2.05) is 78.9 Å². The van der Waals surface area contributed by atoms with Gasteiger partial charge in [-0.3, -0.25) is 9.69 Å². The molecule has 2 bridgehead atoms. The number of carbonyl (C=O) groups excluding carboxylic acids is 2. The third-order valence-corrected chi connectivity index (χ3v) is 9.34. The summed E-state index contributed by atoms with van der Waals surface area (Å²) in [4.78, 5) is 28.1. The molecule has 7 nitrogen and oxygen atoms in total. The summed E-state index contributed by atoms with van der Waals surface area (Å²) in [7, 11) is 0. The van der Waals surface area contributed by atoms with E-state index >= 15 is 0 Å². The van der Waals surface area contributed by atoms with Crippen LogP contribution in [0.2, 0.25) is 0 Å². The van der Waals surface area contributed by atoms with Crippen molar-refractivity contribution in [2.75, 3.05) is 26.2 Å². The molecular formula is C36H43N3O4. The van der Waals surface area contributed by atoms with Gasteiger partial charge in [0.1, 0.15) is 18.5 Å². The van der Waals surface area contributed by atoms with Gasteiger partial charge in [-0.25, -0.2) is 4.79 Å². The summed E-state index contributed by atoms with van der Waals surface area (Å²) in [6.45, 7) is 4.16. The average molecular weight is 582 g/mol. The first-order chi connectivity index (χ1) is 21.1. The lowest BCUT2D eigenvalue weighted by Gasteiger charge is -2.43. The molecule has 3 saturated heterocycles. The number of carbonyl (C=O) groups is 2. The van der Waals surface area contributed by atoms with Gasteiger partial charge in [-0.05, 0) is 91.6 Å². The molecule has 0 spiro atoms. The number of ether oxygens (including phenoxy) is 2. The van der Waals surface area contributed by atoms with E-state index in [0.717, 1.165) is 55.7 Å². The Morgan fingerprint density at radius 1 is 0.837 bits per heavy atom. The largest absolute Gasteiger partial charge is 0.489 e. The zero-order chi connectivity index (χ0) is 29.4. The van der Waals surface area contributed by atoms with E-state index in [9.17, 15) is 9.59 Å². The first-order valence-electron chi connectivity index (χ1n) is 15.9. The minimum absolute atomic E-state index is 0.0165. The number of alkyl carbamates (subject to hydrolysis) is 1. The Bertz CT molecular complexity index is 1350. The molecule has 2 unspecified atom stereocenters. The second-order valence-corrected chi connectivity index (χ2v) is 12.3. The SMILES string of the molecule is O=C(NC(c1ccccc1)c1cccc(OCc2ccc(C(=O)NCC3CCCCC3)cc2)c1)OC1CN2CCC1CC2. The molecule has 3 aromatic rings. The van der Waals surface area contributed by atoms with Crippen molar-refractivity contribution in [3.05, 3.63) is 101 Å². The summed E-state index contributed by atoms with van der Waals surface area (Å²) in [5.41, 5.74) is 3.54. The first kappa shape index (κ1) is 29.2. The third kappa shape index (κ3) is 7.77. The number of benzene rings is 3. The van der Waals surface area contributed by atoms with Crippen LogP contribution in [0, 0.1) is 11.8 Å². The molecule has 0 radical (unpaired) electrons. The molecule has 2 atom stereocenters. The first-order valence-corrected chi connectivity index (χ1v) is 15.9. The molecule has 2 amide bonds. The van der Waals surface area contributed by atoms with Crippen LogP contribution in [0.3, 0.4) is 0 Å². The second kappa shape index (κ2) is 14.1. The number of amides is 2. The van der Waals surface area contributed by atoms with E-state index < -0.39 is 0 Å². The molecule has 1 aliphatic carbocycles. The molecule has 2 N–H and O–H groups in total. The highest BCUT2D eigenvalue weighted by atomic mass is 16.6. The van der Waals surface area contributed by atoms with Crippen molar-refractivity contribution in [3.63, 3.8) is 0 Å². The summed E-state index contributed by atoms with van der Waals surface area (Å²) in [5, 5.41) is 6.24. The number of fused-ring (bicyclic) bond motifs is 3. The maximum atomic E-state index is 13.1. The summed E-state index contributed by atoms with van der Waals surface area (Å²) in [6.07, 6.45) is 8.03. The third-order valence-electron chi connectivity index (χ3n) is 9.34. The Morgan fingerprint density at radius 2 is 1.58 bits per heavy atom. The van der Waals surface area contributed by atoms with Crippen LogP contribution in [0.5, 0.6) is 5.75 Å². The van der Waals surface area contributed by atoms with Crippen molar-refractivity contribution in [3.8, 4) is 5.75 Å². The molecule has 3 aromatic carbocycles. The van der Waals surface area contributed by atoms with Crippen molar-refractivity contribution in [2.24, 2.45) is 11.8 Å². The molecule has 226 valence electrons. The predicted molar refractivity (Wildman–Crippen MR) is 167 cm³/mol. The zero-order valence-electron chi connectivity index (χ0n) is 24.9. The van der Waals surface area contributed by atoms with Gasteiger partial charge >= 0.3 is 6.09 Å². The molecule has 7 rings (SSSR count). The van der Waals surface area contributed by atoms with Crippen LogP contribution < -0.4 is 15.4 Å². The van der Waals surface area contributed by atoms with Crippen molar-refractivity contribution in [1.29, 1.82) is 0 Å². The lowest BCUT2D eigenvalue weighted by molar-refractivity contribution is -0.0336. The van der Waals surface area contributed by atoms with Gasteiger partial charge in [0, 0.05) is 18.7 Å². The number of nitrogens with one attached hydrogen (secondary N) is 2. The number of rotatable bonds is 10. The minimum Gasteiger partial charge on any atom is -0.489 e. The van der Waals surface area contributed by atoms with Gasteiger partial charge < -0.3 is 20.1 Å². The van der Waals surface area contributed by atoms with Gasteiger partial charge in [0.05, 0.1) is 6.04 Å². The smallest absolute Gasteiger partial charge is 0.408 e. The molecular weight excluding hydrogens is 538 g/mol. The molecule has 4 aliphatic rings. The van der Waals surface area contributed by atoms with E-state index in [0.29, 0.717) is 29.8 Å². The molecule has 43 heavy (non-hydrogen) atoms. The number of piperidine rings is 3. The summed E-state index contributed by atoms with van der Waals surface area (Å²) >= 11 is 0. The summed E-state index contributed by atoms with van der Waals surface area (Å²) in [5.74, 6) is 1.75. The highest BCUT2D eigenvalue weighted by Crippen LogP contribution is 2.31. The van der Waals surface area contributed by atoms with Gasteiger partial charge in [-0.1, -0.05) is 73.9 Å². The lowest BCUT2D eigenvalue weighted by atomic mass is 9.86. The molecule has 1 saturated carbocycles. The maximum absolute atomic E-state index is 13.1. The number of nitrogens with zero attached hydrogens (tertiary/aromatic N) is 1. The zero-order valence-corrected chi connectivity index (χ0v) is 24.9. The quantitative estimate of drug-likeness (QED) is 0.286. The number of hydrogen-bond donors (Lipinski definition) is 2. The molecule has 3 aliphatic heterocycles. The highest BCUT2D eigenvalue weighted by molar-refractivity contribution is 5.94. The normalized spacial score (nSPS) is 22.4. The second-order valence-electron chi connectivity index (χ2n) is 12.3. The van der Waals surface area contributed by atoms with Crippen LogP contribution in [-0.4, -0.2) is 49.2 Å². The van der Waals surface area contributed by atoms with Gasteiger partial charge in [0.15, 0.2) is 0 Å². The van der Waals surface area contributed by atoms with Gasteiger partial charge in [0.25, 0.3) is 5.91 Å². The average Bonchev–Trinajstić information content (AvgIpc) is 3.07. The van der Waals surface area contributed by atoms with E-state index in [-0.39, 0.29) is 24.1 Å². The van der Waals surface area contributed by atoms with Crippen molar-refractivity contribution >= 4 is 12.0 Å². The predicted octanol–water partition coefficient (Wildman–Crippen LogP) is 6.49. The number of hydrogen-bond acceptors (Lipinski definition) is 5. The van der Waals surface area contributed by atoms with E-state index in [1.165, 1.54) is 32.1 Å². The van der Waals surface area contributed by atoms with Crippen LogP contribution in [0.4, 0.5) is 4.79 Å². The van der Waals surface area contributed by atoms with E-state index in [2.05, 4.69) is 15.5 Å². The maximum Gasteiger partial charge on any atom is 0.408 e. The molecule has 0 aromatic heterocycles. The van der Waals surface area contributed by atoms with Crippen LogP contribution in [0.1, 0.15) is 78.0 Å². The monoisotopic (exact) mass is 581 g/mol. The lowest BCUT2D eigenvalue weighted by Crippen LogP contribution is -2.52. The topological polar surface area (TPSA) is 79.9 Å². The van der Waals surface area contributed by atoms with Crippen LogP contribution in [0.25, 0.3) is 0 Å². The van der Waals surface area contributed by atoms with E-state index in [4.69, 9.17) is 9.47 Å². The Labute approximate surface area is 255 Å². The van der Waals surface area contributed by atoms with Gasteiger partial charge in [0.2, 0.25) is 0 Å². The Morgan fingerprint density at radius 3 is 2.30 bits per heavy atom. The van der Waals surface area contributed by atoms with E-state index in [1.54, 1.807) is 0 Å². The summed E-state index contributed by atoms with van der Waals surface area (Å²) in [6, 6.07) is 25.0. The van der Waals surface area contributed by atoms with Crippen LogP contribution >= 0.6 is 0 Å². The van der Waals surface area contributed by atoms with Crippen molar-refractivity contribution in [1.82, 2.24) is 15.5 Å². The Kier molecular flexibility index (Phi) is 9.58. The van der Waals surface area contributed by atoms with Crippen molar-refractivity contribution < 1.29 is 19.1 Å². The fourth-order valence-electron chi connectivity index (χ4n) is 6.77. The van der Waals surface area contributed by atoms with Gasteiger partial charge in [-0.15, -0.1) is 0 Å². The van der Waals surface area contributed by atoms with Crippen molar-refractivity contribution in [2.45, 2.75) is 63.7 Å². The summed E-state index contributed by atoms with van der Waals surface area (Å²) < 4.78 is 12.1. The standard InChI is InChI=1S/C36H43N3O4/c40-35(37-23-26-8-3-1-4-9-26)30-16-14-27(15-17-30)25-42-32-13-7-12-31(22-32)34(29-10-5-2-6-11-29)38-36(41)43-33-24-39-20-18-28(33)19-21-39/h2,5-7,10-17,22,26,28,33-34H,1,3-4,8-9,18-21,23-25H2,(H,37,40)(H,38,41). The highest BCUT2D eigenvalue weighted by Gasteiger charge is 2.36. The molecule has 4 fully saturated rings.